The molecular formula is C23H21IN2O8S. The molecule has 0 atom stereocenters. The summed E-state index contributed by atoms with van der Waals surface area (Å²) in [5.41, 5.74) is 1.33. The van der Waals surface area contributed by atoms with Gasteiger partial charge in [0.25, 0.3) is 16.8 Å². The van der Waals surface area contributed by atoms with E-state index < -0.39 is 28.6 Å². The van der Waals surface area contributed by atoms with Gasteiger partial charge in [-0.2, -0.15) is 0 Å². The van der Waals surface area contributed by atoms with E-state index in [9.17, 15) is 24.5 Å². The van der Waals surface area contributed by atoms with Crippen LogP contribution in [0.4, 0.5) is 10.5 Å². The number of benzene rings is 2. The third kappa shape index (κ3) is 6.72. The molecule has 2 aromatic carbocycles. The summed E-state index contributed by atoms with van der Waals surface area (Å²) in [6.07, 6.45) is 1.19. The van der Waals surface area contributed by atoms with Gasteiger partial charge in [-0.05, 0) is 89.7 Å². The average molecular weight is 612 g/mol. The smallest absolute Gasteiger partial charge is 0.326 e. The van der Waals surface area contributed by atoms with Crippen LogP contribution in [0.15, 0.2) is 41.3 Å². The summed E-state index contributed by atoms with van der Waals surface area (Å²) in [6, 6.07) is 9.44. The van der Waals surface area contributed by atoms with Crippen molar-refractivity contribution in [3.8, 4) is 11.5 Å². The number of nitrogens with zero attached hydrogens (tertiary/aromatic N) is 2. The first kappa shape index (κ1) is 26.5. The maximum atomic E-state index is 12.7. The number of hydrogen-bond acceptors (Lipinski definition) is 9. The number of carbonyl (C=O) groups excluding carboxylic acids is 3. The van der Waals surface area contributed by atoms with Gasteiger partial charge in [0.05, 0.1) is 26.6 Å². The Bertz CT molecular complexity index is 1200. The van der Waals surface area contributed by atoms with Crippen LogP contribution >= 0.6 is 34.4 Å². The number of amides is 2. The van der Waals surface area contributed by atoms with Crippen LogP contribution in [0.3, 0.4) is 0 Å². The van der Waals surface area contributed by atoms with Gasteiger partial charge in [-0.15, -0.1) is 0 Å². The number of ether oxygens (including phenoxy) is 3. The topological polar surface area (TPSA) is 125 Å². The van der Waals surface area contributed by atoms with Crippen molar-refractivity contribution < 1.29 is 33.5 Å². The second kappa shape index (κ2) is 11.5. The minimum atomic E-state index is -0.658. The molecule has 3 rings (SSSR count). The molecule has 1 aliphatic rings. The summed E-state index contributed by atoms with van der Waals surface area (Å²) >= 11 is 2.80. The molecule has 10 nitrogen and oxygen atoms in total. The van der Waals surface area contributed by atoms with Crippen molar-refractivity contribution in [2.75, 3.05) is 13.7 Å². The molecule has 0 unspecified atom stereocenters. The lowest BCUT2D eigenvalue weighted by atomic mass is 10.1. The minimum absolute atomic E-state index is 0.00788. The van der Waals surface area contributed by atoms with Crippen molar-refractivity contribution in [1.29, 1.82) is 0 Å². The van der Waals surface area contributed by atoms with Crippen molar-refractivity contribution in [2.24, 2.45) is 0 Å². The zero-order valence-corrected chi connectivity index (χ0v) is 22.0. The maximum absolute atomic E-state index is 12.7. The van der Waals surface area contributed by atoms with Gasteiger partial charge in [0.2, 0.25) is 0 Å². The Balaban J connectivity index is 1.76. The summed E-state index contributed by atoms with van der Waals surface area (Å²) in [5.74, 6) is -0.361. The highest BCUT2D eigenvalue weighted by Crippen LogP contribution is 2.37. The molecule has 0 saturated carbocycles. The van der Waals surface area contributed by atoms with Gasteiger partial charge in [0.1, 0.15) is 13.2 Å². The van der Waals surface area contributed by atoms with E-state index in [4.69, 9.17) is 14.2 Å². The number of non-ortho nitro benzene ring substituents is 1. The van der Waals surface area contributed by atoms with Crippen molar-refractivity contribution >= 4 is 63.2 Å². The molecule has 0 aromatic heterocycles. The highest BCUT2D eigenvalue weighted by molar-refractivity contribution is 14.1. The summed E-state index contributed by atoms with van der Waals surface area (Å²) in [6.45, 7) is 3.07. The Labute approximate surface area is 218 Å². The predicted molar refractivity (Wildman–Crippen MR) is 137 cm³/mol. The molecule has 184 valence electrons. The molecule has 1 heterocycles. The van der Waals surface area contributed by atoms with Gasteiger partial charge in [0, 0.05) is 12.1 Å². The van der Waals surface area contributed by atoms with Crippen molar-refractivity contribution in [3.63, 3.8) is 0 Å². The lowest BCUT2D eigenvalue weighted by Crippen LogP contribution is -2.35. The fraction of sp³-hybridized carbons (Fsp3) is 0.261. The molecule has 1 saturated heterocycles. The predicted octanol–water partition coefficient (Wildman–Crippen LogP) is 4.77. The van der Waals surface area contributed by atoms with E-state index in [1.807, 2.05) is 0 Å². The van der Waals surface area contributed by atoms with E-state index >= 15 is 0 Å². The van der Waals surface area contributed by atoms with E-state index in [0.29, 0.717) is 20.6 Å². The average Bonchev–Trinajstić information content (AvgIpc) is 3.05. The minimum Gasteiger partial charge on any atom is -0.493 e. The molecule has 0 radical (unpaired) electrons. The lowest BCUT2D eigenvalue weighted by molar-refractivity contribution is -0.384. The van der Waals surface area contributed by atoms with Crippen LogP contribution in [-0.2, 0) is 20.9 Å². The number of rotatable bonds is 9. The maximum Gasteiger partial charge on any atom is 0.326 e. The number of esters is 1. The molecule has 12 heteroatoms. The van der Waals surface area contributed by atoms with Crippen LogP contribution in [0.5, 0.6) is 11.5 Å². The van der Waals surface area contributed by atoms with Crippen LogP contribution in [0.25, 0.3) is 6.08 Å². The second-order valence-corrected chi connectivity index (χ2v) is 9.71. The third-order valence-corrected chi connectivity index (χ3v) is 6.32. The quantitative estimate of drug-likeness (QED) is 0.129. The monoisotopic (exact) mass is 612 g/mol. The molecule has 0 aliphatic carbocycles. The van der Waals surface area contributed by atoms with E-state index in [0.717, 1.165) is 22.2 Å². The van der Waals surface area contributed by atoms with Crippen molar-refractivity contribution in [2.45, 2.75) is 26.6 Å². The van der Waals surface area contributed by atoms with Crippen molar-refractivity contribution in [1.82, 2.24) is 4.90 Å². The van der Waals surface area contributed by atoms with Gasteiger partial charge in [-0.3, -0.25) is 29.4 Å². The first-order valence-corrected chi connectivity index (χ1v) is 12.2. The van der Waals surface area contributed by atoms with E-state index in [1.165, 1.54) is 19.2 Å². The molecule has 0 N–H and O–H groups in total. The largest absolute Gasteiger partial charge is 0.493 e. The third-order valence-electron chi connectivity index (χ3n) is 4.61. The number of methoxy groups -OCH3 is 1. The Morgan fingerprint density at radius 3 is 2.51 bits per heavy atom. The van der Waals surface area contributed by atoms with Gasteiger partial charge in [-0.25, -0.2) is 0 Å². The summed E-state index contributed by atoms with van der Waals surface area (Å²) in [5, 5.41) is 10.3. The SMILES string of the molecule is COc1cc(/C=C2/SC(=O)N(CC(=O)OC(C)C)C2=O)cc(I)c1OCc1ccc([N+](=O)[O-])cc1. The zero-order chi connectivity index (χ0) is 25.7. The van der Waals surface area contributed by atoms with Gasteiger partial charge in [-0.1, -0.05) is 0 Å². The van der Waals surface area contributed by atoms with E-state index in [2.05, 4.69) is 22.6 Å². The molecular weight excluding hydrogens is 591 g/mol. The van der Waals surface area contributed by atoms with Crippen LogP contribution < -0.4 is 9.47 Å². The number of nitro groups is 1. The van der Waals surface area contributed by atoms with E-state index in [-0.39, 0.29) is 23.3 Å². The number of thioether (sulfide) groups is 1. The normalized spacial score (nSPS) is 14.5. The van der Waals surface area contributed by atoms with Crippen LogP contribution in [0, 0.1) is 13.7 Å². The van der Waals surface area contributed by atoms with Gasteiger partial charge >= 0.3 is 5.97 Å². The van der Waals surface area contributed by atoms with Crippen LogP contribution in [-0.4, -0.2) is 46.7 Å². The fourth-order valence-electron chi connectivity index (χ4n) is 3.05. The molecule has 35 heavy (non-hydrogen) atoms. The molecule has 1 aliphatic heterocycles. The summed E-state index contributed by atoms with van der Waals surface area (Å²) in [7, 11) is 1.47. The Morgan fingerprint density at radius 1 is 1.23 bits per heavy atom. The second-order valence-electron chi connectivity index (χ2n) is 7.55. The molecule has 0 spiro atoms. The molecule has 1 fully saturated rings. The number of carbonyl (C=O) groups is 3. The number of halogens is 1. The lowest BCUT2D eigenvalue weighted by Gasteiger charge is -2.14. The van der Waals surface area contributed by atoms with Crippen LogP contribution in [0.1, 0.15) is 25.0 Å². The van der Waals surface area contributed by atoms with Gasteiger partial charge in [0.15, 0.2) is 11.5 Å². The first-order valence-electron chi connectivity index (χ1n) is 10.3. The Morgan fingerprint density at radius 2 is 1.91 bits per heavy atom. The molecule has 2 aromatic rings. The first-order chi connectivity index (χ1) is 16.6. The molecule has 2 amide bonds. The van der Waals surface area contributed by atoms with Crippen molar-refractivity contribution in [3.05, 3.63) is 66.1 Å². The number of hydrogen-bond donors (Lipinski definition) is 0. The standard InChI is InChI=1S/C23H21IN2O8S/c1-13(2)34-20(27)11-25-22(28)19(35-23(25)29)10-15-8-17(24)21(18(9-15)32-3)33-12-14-4-6-16(7-5-14)26(30)31/h4-10,13H,11-12H2,1-3H3/b19-10+. The summed E-state index contributed by atoms with van der Waals surface area (Å²) < 4.78 is 17.0. The summed E-state index contributed by atoms with van der Waals surface area (Å²) in [4.78, 5) is 48.2. The van der Waals surface area contributed by atoms with E-state index in [1.54, 1.807) is 44.2 Å². The van der Waals surface area contributed by atoms with Gasteiger partial charge < -0.3 is 14.2 Å². The van der Waals surface area contributed by atoms with Crippen LogP contribution in [0.2, 0.25) is 0 Å². The zero-order valence-electron chi connectivity index (χ0n) is 19.0. The number of nitro benzene ring substituents is 1. The number of imide groups is 1. The Kier molecular flexibility index (Phi) is 8.72. The Hall–Kier alpha value is -3.13. The fourth-order valence-corrected chi connectivity index (χ4v) is 4.67. The highest BCUT2D eigenvalue weighted by atomic mass is 127. The highest BCUT2D eigenvalue weighted by Gasteiger charge is 2.36. The molecule has 0 bridgehead atoms.